The molecule has 3 aliphatic rings. The van der Waals surface area contributed by atoms with E-state index < -0.39 is 29.0 Å². The van der Waals surface area contributed by atoms with E-state index in [2.05, 4.69) is 20.5 Å². The van der Waals surface area contributed by atoms with Crippen molar-refractivity contribution in [1.29, 1.82) is 0 Å². The minimum Gasteiger partial charge on any atom is -0.381 e. The van der Waals surface area contributed by atoms with E-state index in [1.807, 2.05) is 24.4 Å². The fourth-order valence-corrected chi connectivity index (χ4v) is 9.26. The SMILES string of the molecule is Cc1cnc(N2CC3(CCOCC3)C2)c(C(=O)Nc2ccc(C(=O)N3CCc4cc(C(=O)Nc5c(F)cc(F)cc5F)sc4-c4sccc43)cc2)c1. The Morgan fingerprint density at radius 1 is 0.904 bits per heavy atom. The van der Waals surface area contributed by atoms with Crippen LogP contribution in [-0.4, -0.2) is 55.6 Å². The second-order valence-electron chi connectivity index (χ2n) is 13.4. The first-order valence-electron chi connectivity index (χ1n) is 16.8. The maximum absolute atomic E-state index is 14.2. The van der Waals surface area contributed by atoms with Crippen LogP contribution in [0.15, 0.2) is 66.2 Å². The van der Waals surface area contributed by atoms with Gasteiger partial charge in [-0.1, -0.05) is 0 Å². The number of aromatic nitrogens is 1. The molecular weight excluding hydrogens is 712 g/mol. The highest BCUT2D eigenvalue weighted by atomic mass is 32.1. The number of ether oxygens (including phenoxy) is 1. The summed E-state index contributed by atoms with van der Waals surface area (Å²) in [5.41, 5.74) is 3.36. The van der Waals surface area contributed by atoms with Gasteiger partial charge in [0.15, 0.2) is 11.6 Å². The second-order valence-corrected chi connectivity index (χ2v) is 15.4. The number of pyridine rings is 1. The molecule has 3 aliphatic heterocycles. The van der Waals surface area contributed by atoms with Crippen LogP contribution in [0, 0.1) is 29.8 Å². The highest BCUT2D eigenvalue weighted by Crippen LogP contribution is 2.46. The van der Waals surface area contributed by atoms with Crippen molar-refractivity contribution < 1.29 is 32.3 Å². The Hall–Kier alpha value is -5.05. The first kappa shape index (κ1) is 34.1. The van der Waals surface area contributed by atoms with E-state index in [0.717, 1.165) is 71.4 Å². The Morgan fingerprint density at radius 3 is 2.37 bits per heavy atom. The van der Waals surface area contributed by atoms with Gasteiger partial charge < -0.3 is 25.2 Å². The van der Waals surface area contributed by atoms with Crippen LogP contribution in [0.5, 0.6) is 0 Å². The van der Waals surface area contributed by atoms with Gasteiger partial charge in [0.05, 0.1) is 25.9 Å². The number of carbonyl (C=O) groups excluding carboxylic acids is 3. The Morgan fingerprint density at radius 2 is 1.63 bits per heavy atom. The molecule has 3 aromatic heterocycles. The summed E-state index contributed by atoms with van der Waals surface area (Å²) in [6.45, 7) is 5.44. The van der Waals surface area contributed by atoms with Crippen LogP contribution in [0.2, 0.25) is 0 Å². The largest absolute Gasteiger partial charge is 0.381 e. The van der Waals surface area contributed by atoms with Crippen LogP contribution in [0.25, 0.3) is 9.75 Å². The van der Waals surface area contributed by atoms with E-state index in [0.29, 0.717) is 53.4 Å². The number of carbonyl (C=O) groups is 3. The van der Waals surface area contributed by atoms with E-state index in [1.165, 1.54) is 11.3 Å². The monoisotopic (exact) mass is 743 g/mol. The highest BCUT2D eigenvalue weighted by Gasteiger charge is 2.45. The quantitative estimate of drug-likeness (QED) is 0.183. The molecule has 2 fully saturated rings. The summed E-state index contributed by atoms with van der Waals surface area (Å²) in [6.07, 6.45) is 4.22. The van der Waals surface area contributed by atoms with Crippen molar-refractivity contribution >= 4 is 63.3 Å². The average molecular weight is 744 g/mol. The highest BCUT2D eigenvalue weighted by molar-refractivity contribution is 7.23. The van der Waals surface area contributed by atoms with Gasteiger partial charge in [-0.3, -0.25) is 14.4 Å². The van der Waals surface area contributed by atoms with E-state index in [4.69, 9.17) is 4.74 Å². The van der Waals surface area contributed by atoms with Crippen molar-refractivity contribution in [2.24, 2.45) is 5.41 Å². The van der Waals surface area contributed by atoms with Crippen LogP contribution in [0.3, 0.4) is 0 Å². The lowest BCUT2D eigenvalue weighted by molar-refractivity contribution is -0.000511. The third-order valence-corrected chi connectivity index (χ3v) is 12.1. The number of anilines is 4. The molecule has 2 saturated heterocycles. The number of hydrogen-bond donors (Lipinski definition) is 2. The number of hydrogen-bond acceptors (Lipinski definition) is 8. The summed E-state index contributed by atoms with van der Waals surface area (Å²) >= 11 is 2.57. The zero-order valence-corrected chi connectivity index (χ0v) is 29.6. The molecule has 52 heavy (non-hydrogen) atoms. The minimum atomic E-state index is -1.21. The predicted octanol–water partition coefficient (Wildman–Crippen LogP) is 7.92. The van der Waals surface area contributed by atoms with Crippen molar-refractivity contribution in [3.8, 4) is 9.75 Å². The molecule has 0 unspecified atom stereocenters. The molecule has 6 heterocycles. The van der Waals surface area contributed by atoms with Crippen molar-refractivity contribution in [3.63, 3.8) is 0 Å². The summed E-state index contributed by atoms with van der Waals surface area (Å²) in [5.74, 6) is -4.07. The van der Waals surface area contributed by atoms with Crippen LogP contribution in [0.4, 0.5) is 36.1 Å². The molecule has 9 nitrogen and oxygen atoms in total. The summed E-state index contributed by atoms with van der Waals surface area (Å²) in [4.78, 5) is 50.7. The lowest BCUT2D eigenvalue weighted by atomic mass is 9.73. The number of fused-ring (bicyclic) bond motifs is 3. The molecule has 2 N–H and O–H groups in total. The molecule has 8 rings (SSSR count). The van der Waals surface area contributed by atoms with Gasteiger partial charge in [-0.15, -0.1) is 22.7 Å². The number of amides is 3. The molecule has 266 valence electrons. The van der Waals surface area contributed by atoms with Gasteiger partial charge in [0.25, 0.3) is 17.7 Å². The minimum absolute atomic E-state index is 0.221. The average Bonchev–Trinajstić information content (AvgIpc) is 3.74. The van der Waals surface area contributed by atoms with E-state index in [1.54, 1.807) is 41.4 Å². The molecule has 14 heteroatoms. The van der Waals surface area contributed by atoms with Gasteiger partial charge in [-0.2, -0.15) is 0 Å². The van der Waals surface area contributed by atoms with Crippen LogP contribution >= 0.6 is 22.7 Å². The Labute approximate surface area is 305 Å². The van der Waals surface area contributed by atoms with Gasteiger partial charge in [0.1, 0.15) is 17.3 Å². The van der Waals surface area contributed by atoms with Gasteiger partial charge in [0, 0.05) is 67.8 Å². The molecule has 0 aliphatic carbocycles. The molecule has 0 bridgehead atoms. The number of thiophene rings is 2. The molecule has 5 aromatic rings. The number of rotatable bonds is 6. The fourth-order valence-electron chi connectivity index (χ4n) is 7.07. The molecule has 1 spiro atoms. The summed E-state index contributed by atoms with van der Waals surface area (Å²) in [6, 6.07) is 13.1. The maximum Gasteiger partial charge on any atom is 0.265 e. The Kier molecular flexibility index (Phi) is 8.84. The molecule has 2 aromatic carbocycles. The Balaban J connectivity index is 0.959. The summed E-state index contributed by atoms with van der Waals surface area (Å²) < 4.78 is 47.3. The van der Waals surface area contributed by atoms with Gasteiger partial charge in [-0.05, 0) is 85.2 Å². The van der Waals surface area contributed by atoms with Crippen molar-refractivity contribution in [3.05, 3.63) is 111 Å². The number of aryl methyl sites for hydroxylation is 1. The molecule has 0 saturated carbocycles. The molecule has 0 atom stereocenters. The zero-order chi connectivity index (χ0) is 36.1. The third kappa shape index (κ3) is 6.35. The summed E-state index contributed by atoms with van der Waals surface area (Å²) in [5, 5.41) is 7.06. The first-order valence-corrected chi connectivity index (χ1v) is 18.5. The van der Waals surface area contributed by atoms with Crippen LogP contribution in [0.1, 0.15) is 54.4 Å². The lowest BCUT2D eigenvalue weighted by Gasteiger charge is -2.53. The van der Waals surface area contributed by atoms with E-state index >= 15 is 0 Å². The van der Waals surface area contributed by atoms with Crippen LogP contribution < -0.4 is 20.4 Å². The van der Waals surface area contributed by atoms with Gasteiger partial charge in [0.2, 0.25) is 0 Å². The topological polar surface area (TPSA) is 104 Å². The number of benzene rings is 2. The lowest BCUT2D eigenvalue weighted by Crippen LogP contribution is -2.59. The fraction of sp³-hybridized carbons (Fsp3) is 0.263. The predicted molar refractivity (Wildman–Crippen MR) is 195 cm³/mol. The van der Waals surface area contributed by atoms with E-state index in [-0.39, 0.29) is 22.1 Å². The number of halogens is 3. The molecule has 3 amide bonds. The number of nitrogens with one attached hydrogen (secondary N) is 2. The van der Waals surface area contributed by atoms with E-state index in [9.17, 15) is 27.6 Å². The zero-order valence-electron chi connectivity index (χ0n) is 27.9. The van der Waals surface area contributed by atoms with Crippen molar-refractivity contribution in [1.82, 2.24) is 4.98 Å². The second kappa shape index (κ2) is 13.5. The number of nitrogens with zero attached hydrogens (tertiary/aromatic N) is 3. The van der Waals surface area contributed by atoms with Crippen LogP contribution in [-0.2, 0) is 11.2 Å². The van der Waals surface area contributed by atoms with Crippen molar-refractivity contribution in [2.45, 2.75) is 26.2 Å². The standard InChI is InChI=1S/C38H32F3N5O4S2/c1-21-14-26(34(42-18-21)45-19-38(20-45)8-11-50-12-9-38)35(47)43-25-4-2-22(3-5-25)37(49)46-10-6-23-15-30(52-32(23)33-29(46)7-13-51-33)36(48)44-31-27(40)16-24(39)17-28(31)41/h2-5,7,13-18H,6,8-12,19-20H2,1H3,(H,43,47)(H,44,48). The molecule has 0 radical (unpaired) electrons. The first-order chi connectivity index (χ1) is 25.1. The third-order valence-electron chi connectivity index (χ3n) is 9.81. The summed E-state index contributed by atoms with van der Waals surface area (Å²) in [7, 11) is 0. The Bertz CT molecular complexity index is 2200. The smallest absolute Gasteiger partial charge is 0.265 e. The van der Waals surface area contributed by atoms with Gasteiger partial charge in [-0.25, -0.2) is 18.2 Å². The normalized spacial score (nSPS) is 16.1. The van der Waals surface area contributed by atoms with Gasteiger partial charge >= 0.3 is 0 Å². The van der Waals surface area contributed by atoms with Crippen molar-refractivity contribution in [2.75, 3.05) is 53.3 Å². The maximum atomic E-state index is 14.2. The molecular formula is C38H32F3N5O4S2.